The number of benzene rings is 2. The van der Waals surface area contributed by atoms with E-state index in [1.807, 2.05) is 30.0 Å². The highest BCUT2D eigenvalue weighted by atomic mass is 32.2. The van der Waals surface area contributed by atoms with Gasteiger partial charge in [0.25, 0.3) is 0 Å². The number of thioether (sulfide) groups is 1. The predicted molar refractivity (Wildman–Crippen MR) is 94.2 cm³/mol. The summed E-state index contributed by atoms with van der Waals surface area (Å²) >= 11 is 1.90. The molecule has 2 rings (SSSR count). The summed E-state index contributed by atoms with van der Waals surface area (Å²) in [5.41, 5.74) is 9.06. The summed E-state index contributed by atoms with van der Waals surface area (Å²) in [6.07, 6.45) is 0.112. The van der Waals surface area contributed by atoms with Gasteiger partial charge in [-0.2, -0.15) is 11.8 Å². The summed E-state index contributed by atoms with van der Waals surface area (Å²) in [5.74, 6) is 1.35. The van der Waals surface area contributed by atoms with Gasteiger partial charge in [0.2, 0.25) is 0 Å². The number of nitrogens with two attached hydrogens (primary N) is 1. The van der Waals surface area contributed by atoms with Crippen LogP contribution in [0.15, 0.2) is 54.6 Å². The number of hydrogen-bond acceptors (Lipinski definition) is 3. The van der Waals surface area contributed by atoms with Crippen LogP contribution in [-0.4, -0.2) is 23.4 Å². The lowest BCUT2D eigenvalue weighted by atomic mass is 10.1. The van der Waals surface area contributed by atoms with Crippen molar-refractivity contribution >= 4 is 17.7 Å². The highest BCUT2D eigenvalue weighted by Crippen LogP contribution is 2.14. The minimum Gasteiger partial charge on any atom is -0.481 e. The van der Waals surface area contributed by atoms with Crippen LogP contribution in [0.5, 0.6) is 0 Å². The minimum absolute atomic E-state index is 0.112. The van der Waals surface area contributed by atoms with Crippen molar-refractivity contribution in [2.24, 2.45) is 5.73 Å². The molecule has 2 aromatic rings. The van der Waals surface area contributed by atoms with Crippen LogP contribution in [0.2, 0.25) is 0 Å². The molecule has 0 bridgehead atoms. The van der Waals surface area contributed by atoms with Crippen molar-refractivity contribution in [3.8, 4) is 0 Å². The van der Waals surface area contributed by atoms with E-state index in [1.54, 1.807) is 12.1 Å². The molecule has 0 fully saturated rings. The van der Waals surface area contributed by atoms with E-state index < -0.39 is 5.97 Å². The van der Waals surface area contributed by atoms with Crippen LogP contribution in [0.4, 0.5) is 0 Å². The maximum atomic E-state index is 10.2. The highest BCUT2D eigenvalue weighted by Gasteiger charge is 1.96. The van der Waals surface area contributed by atoms with Crippen molar-refractivity contribution in [3.63, 3.8) is 0 Å². The van der Waals surface area contributed by atoms with Gasteiger partial charge < -0.3 is 10.8 Å². The Hall–Kier alpha value is -1.78. The summed E-state index contributed by atoms with van der Waals surface area (Å²) in [6, 6.07) is 17.6. The van der Waals surface area contributed by atoms with E-state index in [9.17, 15) is 4.79 Å². The Morgan fingerprint density at radius 1 is 1.09 bits per heavy atom. The number of aryl methyl sites for hydroxylation is 1. The monoisotopic (exact) mass is 317 g/mol. The highest BCUT2D eigenvalue weighted by molar-refractivity contribution is 7.98. The van der Waals surface area contributed by atoms with Crippen molar-refractivity contribution < 1.29 is 9.90 Å². The molecule has 0 saturated carbocycles. The van der Waals surface area contributed by atoms with Crippen molar-refractivity contribution in [2.75, 3.05) is 12.3 Å². The quantitative estimate of drug-likeness (QED) is 0.800. The van der Waals surface area contributed by atoms with Crippen LogP contribution >= 0.6 is 11.8 Å². The number of rotatable bonds is 6. The molecule has 118 valence electrons. The maximum absolute atomic E-state index is 10.2. The van der Waals surface area contributed by atoms with Gasteiger partial charge in [-0.3, -0.25) is 4.79 Å². The molecule has 0 unspecified atom stereocenters. The number of carboxylic acid groups (broad SMARTS) is 1. The fourth-order valence-electron chi connectivity index (χ4n) is 1.81. The second-order valence-corrected chi connectivity index (χ2v) is 5.93. The maximum Gasteiger partial charge on any atom is 0.307 e. The summed E-state index contributed by atoms with van der Waals surface area (Å²) in [6.45, 7) is 2.93. The summed E-state index contributed by atoms with van der Waals surface area (Å²) in [4.78, 5) is 10.2. The first kappa shape index (κ1) is 18.3. The molecular formula is C18H23NO2S. The SMILES string of the molecule is Cc1ccccc1CSCCN.O=C(O)Cc1ccccc1. The molecule has 0 aliphatic heterocycles. The average molecular weight is 317 g/mol. The van der Waals surface area contributed by atoms with Crippen LogP contribution < -0.4 is 5.73 Å². The molecule has 0 atom stereocenters. The van der Waals surface area contributed by atoms with Gasteiger partial charge in [0.15, 0.2) is 0 Å². The second kappa shape index (κ2) is 10.9. The zero-order valence-electron chi connectivity index (χ0n) is 12.9. The summed E-state index contributed by atoms with van der Waals surface area (Å²) in [7, 11) is 0. The van der Waals surface area contributed by atoms with Gasteiger partial charge in [-0.05, 0) is 23.6 Å². The Labute approximate surface area is 136 Å². The van der Waals surface area contributed by atoms with Crippen LogP contribution in [0.1, 0.15) is 16.7 Å². The predicted octanol–water partition coefficient (Wildman–Crippen LogP) is 3.50. The smallest absolute Gasteiger partial charge is 0.307 e. The van der Waals surface area contributed by atoms with Crippen molar-refractivity contribution in [3.05, 3.63) is 71.3 Å². The van der Waals surface area contributed by atoms with Gasteiger partial charge in [-0.25, -0.2) is 0 Å². The van der Waals surface area contributed by atoms with Crippen LogP contribution in [0, 0.1) is 6.92 Å². The molecule has 3 N–H and O–H groups in total. The van der Waals surface area contributed by atoms with Gasteiger partial charge in [-0.15, -0.1) is 0 Å². The molecular weight excluding hydrogens is 294 g/mol. The van der Waals surface area contributed by atoms with Crippen LogP contribution in [0.25, 0.3) is 0 Å². The third kappa shape index (κ3) is 7.86. The largest absolute Gasteiger partial charge is 0.481 e. The number of carboxylic acids is 1. The van der Waals surface area contributed by atoms with Crippen molar-refractivity contribution in [1.29, 1.82) is 0 Å². The molecule has 0 heterocycles. The topological polar surface area (TPSA) is 63.3 Å². The fraction of sp³-hybridized carbons (Fsp3) is 0.278. The van der Waals surface area contributed by atoms with Gasteiger partial charge in [0.1, 0.15) is 0 Å². The Morgan fingerprint density at radius 3 is 2.32 bits per heavy atom. The van der Waals surface area contributed by atoms with E-state index in [1.165, 1.54) is 11.1 Å². The molecule has 0 aliphatic carbocycles. The molecule has 0 spiro atoms. The lowest BCUT2D eigenvalue weighted by Crippen LogP contribution is -2.01. The Kier molecular flexibility index (Phi) is 9.03. The van der Waals surface area contributed by atoms with Gasteiger partial charge >= 0.3 is 5.97 Å². The Morgan fingerprint density at radius 2 is 1.73 bits per heavy atom. The molecule has 2 aromatic carbocycles. The van der Waals surface area contributed by atoms with E-state index in [-0.39, 0.29) is 6.42 Å². The fourth-order valence-corrected chi connectivity index (χ4v) is 2.66. The Bertz CT molecular complexity index is 558. The van der Waals surface area contributed by atoms with Gasteiger partial charge in [0.05, 0.1) is 6.42 Å². The molecule has 0 amide bonds. The molecule has 4 heteroatoms. The molecule has 3 nitrogen and oxygen atoms in total. The lowest BCUT2D eigenvalue weighted by molar-refractivity contribution is -0.136. The van der Waals surface area contributed by atoms with E-state index in [0.29, 0.717) is 0 Å². The van der Waals surface area contributed by atoms with Crippen LogP contribution in [-0.2, 0) is 17.0 Å². The third-order valence-corrected chi connectivity index (χ3v) is 4.02. The summed E-state index contributed by atoms with van der Waals surface area (Å²) < 4.78 is 0. The van der Waals surface area contributed by atoms with Crippen molar-refractivity contribution in [1.82, 2.24) is 0 Å². The molecule has 0 aromatic heterocycles. The molecule has 0 saturated heterocycles. The van der Waals surface area contributed by atoms with Crippen LogP contribution in [0.3, 0.4) is 0 Å². The first-order valence-electron chi connectivity index (χ1n) is 7.21. The zero-order valence-corrected chi connectivity index (χ0v) is 13.7. The normalized spacial score (nSPS) is 9.73. The zero-order chi connectivity index (χ0) is 16.2. The number of aliphatic carboxylic acids is 1. The first-order valence-corrected chi connectivity index (χ1v) is 8.37. The third-order valence-electron chi connectivity index (χ3n) is 2.98. The standard InChI is InChI=1S/C10H15NS.C8H8O2/c1-9-4-2-3-5-10(9)8-12-7-6-11;9-8(10)6-7-4-2-1-3-5-7/h2-5H,6-8,11H2,1H3;1-5H,6H2,(H,9,10). The van der Waals surface area contributed by atoms with E-state index in [4.69, 9.17) is 10.8 Å². The number of carbonyl (C=O) groups is 1. The molecule has 0 radical (unpaired) electrons. The van der Waals surface area contributed by atoms with Gasteiger partial charge in [-0.1, -0.05) is 54.6 Å². The minimum atomic E-state index is -0.786. The first-order chi connectivity index (χ1) is 10.6. The lowest BCUT2D eigenvalue weighted by Gasteiger charge is -2.03. The van der Waals surface area contributed by atoms with E-state index in [0.717, 1.165) is 23.6 Å². The van der Waals surface area contributed by atoms with Crippen molar-refractivity contribution in [2.45, 2.75) is 19.1 Å². The van der Waals surface area contributed by atoms with E-state index >= 15 is 0 Å². The molecule has 0 aliphatic rings. The second-order valence-electron chi connectivity index (χ2n) is 4.82. The molecule has 22 heavy (non-hydrogen) atoms. The average Bonchev–Trinajstić information content (AvgIpc) is 2.50. The van der Waals surface area contributed by atoms with E-state index in [2.05, 4.69) is 31.2 Å². The number of hydrogen-bond donors (Lipinski definition) is 2. The summed E-state index contributed by atoms with van der Waals surface area (Å²) in [5, 5.41) is 8.37. The Balaban J connectivity index is 0.000000224. The van der Waals surface area contributed by atoms with Gasteiger partial charge in [0, 0.05) is 18.1 Å².